The number of rotatable bonds is 4. The number of thiol groups is 1. The molecule has 11 nitrogen and oxygen atoms in total. The number of nitrogens with one attached hydrogen (secondary N) is 1. The fourth-order valence-electron chi connectivity index (χ4n) is 2.63. The molecule has 3 rings (SSSR count). The molecule has 0 atom stereocenters. The summed E-state index contributed by atoms with van der Waals surface area (Å²) < 4.78 is 7.25. The smallest absolute Gasteiger partial charge is 0.378 e. The summed E-state index contributed by atoms with van der Waals surface area (Å²) in [7, 11) is 1.65. The molecule has 3 aromatic rings. The lowest BCUT2D eigenvalue weighted by atomic mass is 9.91. The number of nitriles is 1. The van der Waals surface area contributed by atoms with Gasteiger partial charge in [0, 0.05) is 31.6 Å². The third kappa shape index (κ3) is 4.15. The molecule has 0 aliphatic carbocycles. The molecule has 0 radical (unpaired) electrons. The molecule has 0 aliphatic heterocycles. The van der Waals surface area contributed by atoms with E-state index in [0.717, 1.165) is 0 Å². The minimum Gasteiger partial charge on any atom is -0.378 e. The molecule has 30 heavy (non-hydrogen) atoms. The highest BCUT2D eigenvalue weighted by Crippen LogP contribution is 2.38. The van der Waals surface area contributed by atoms with E-state index in [0.29, 0.717) is 17.2 Å². The summed E-state index contributed by atoms with van der Waals surface area (Å²) in [6, 6.07) is 7.33. The van der Waals surface area contributed by atoms with Crippen LogP contribution in [0.5, 0.6) is 0 Å². The molecule has 3 heterocycles. The van der Waals surface area contributed by atoms with Gasteiger partial charge in [-0.2, -0.15) is 20.1 Å². The molecule has 0 unspecified atom stereocenters. The third-order valence-electron chi connectivity index (χ3n) is 4.01. The van der Waals surface area contributed by atoms with Gasteiger partial charge in [0.25, 0.3) is 0 Å². The maximum Gasteiger partial charge on any atom is 0.424 e. The zero-order valence-corrected chi connectivity index (χ0v) is 17.6. The van der Waals surface area contributed by atoms with Crippen LogP contribution in [-0.2, 0) is 16.6 Å². The van der Waals surface area contributed by atoms with Gasteiger partial charge in [0.2, 0.25) is 0 Å². The molecule has 0 bridgehead atoms. The highest BCUT2D eigenvalue weighted by molar-refractivity contribution is 7.75. The van der Waals surface area contributed by atoms with Gasteiger partial charge in [0.15, 0.2) is 23.1 Å². The summed E-state index contributed by atoms with van der Waals surface area (Å²) in [6.45, 7) is 5.86. The number of nitrogens with zero attached hydrogens (tertiary/aromatic N) is 8. The second-order valence-corrected chi connectivity index (χ2v) is 7.40. The molecule has 154 valence electrons. The van der Waals surface area contributed by atoms with Gasteiger partial charge in [-0.25, -0.2) is 9.78 Å². The molecule has 0 aromatic carbocycles. The number of aromatic nitrogens is 5. The Morgan fingerprint density at radius 1 is 1.33 bits per heavy atom. The van der Waals surface area contributed by atoms with Crippen molar-refractivity contribution in [3.63, 3.8) is 0 Å². The molecule has 12 heteroatoms. The monoisotopic (exact) mass is 425 g/mol. The number of azo groups is 1. The lowest BCUT2D eigenvalue weighted by molar-refractivity contribution is 0.223. The number of hydrogen-bond donors (Lipinski definition) is 2. The van der Waals surface area contributed by atoms with E-state index in [9.17, 15) is 10.1 Å². The van der Waals surface area contributed by atoms with E-state index in [1.807, 2.05) is 26.8 Å². The van der Waals surface area contributed by atoms with Gasteiger partial charge >= 0.3 is 6.09 Å². The maximum atomic E-state index is 11.7. The van der Waals surface area contributed by atoms with Crippen molar-refractivity contribution in [2.75, 3.05) is 5.32 Å². The van der Waals surface area contributed by atoms with Crippen molar-refractivity contribution in [2.24, 2.45) is 17.3 Å². The topological polar surface area (TPSA) is 135 Å². The number of amides is 1. The quantitative estimate of drug-likeness (QED) is 0.369. The molecule has 0 fully saturated rings. The molecule has 0 saturated heterocycles. The van der Waals surface area contributed by atoms with E-state index < -0.39 is 11.5 Å². The maximum absolute atomic E-state index is 11.7. The molecule has 3 aromatic heterocycles. The number of aryl methyl sites for hydroxylation is 1. The Kier molecular flexibility index (Phi) is 5.84. The second-order valence-electron chi connectivity index (χ2n) is 7.22. The van der Waals surface area contributed by atoms with Gasteiger partial charge in [-0.15, -0.1) is 10.2 Å². The van der Waals surface area contributed by atoms with E-state index in [1.165, 1.54) is 15.6 Å². The zero-order valence-electron chi connectivity index (χ0n) is 16.7. The minimum absolute atomic E-state index is 0.197. The van der Waals surface area contributed by atoms with Crippen molar-refractivity contribution in [3.8, 4) is 11.9 Å². The predicted octanol–water partition coefficient (Wildman–Crippen LogP) is 3.98. The van der Waals surface area contributed by atoms with Crippen LogP contribution in [0.15, 0.2) is 40.8 Å². The van der Waals surface area contributed by atoms with E-state index in [-0.39, 0.29) is 17.2 Å². The molecule has 1 N–H and O–H groups in total. The molecular formula is C18H19N9O2S. The normalized spacial score (nSPS) is 11.5. The Morgan fingerprint density at radius 2 is 2.10 bits per heavy atom. The highest BCUT2D eigenvalue weighted by atomic mass is 32.1. The Morgan fingerprint density at radius 3 is 2.70 bits per heavy atom. The molecular weight excluding hydrogens is 406 g/mol. The molecule has 0 aliphatic rings. The summed E-state index contributed by atoms with van der Waals surface area (Å²) in [5, 5.41) is 29.2. The number of hydrogen-bond acceptors (Lipinski definition) is 9. The summed E-state index contributed by atoms with van der Waals surface area (Å²) in [5.41, 5.74) is 0.720. The van der Waals surface area contributed by atoms with E-state index in [4.69, 9.17) is 0 Å². The summed E-state index contributed by atoms with van der Waals surface area (Å²) >= 11 is 3.51. The van der Waals surface area contributed by atoms with Gasteiger partial charge in [0.05, 0.1) is 11.9 Å². The van der Waals surface area contributed by atoms with Crippen LogP contribution in [0.25, 0.3) is 5.82 Å². The van der Waals surface area contributed by atoms with Crippen LogP contribution < -0.4 is 5.32 Å². The van der Waals surface area contributed by atoms with Crippen LogP contribution >= 0.6 is 12.9 Å². The van der Waals surface area contributed by atoms with Gasteiger partial charge < -0.3 is 4.18 Å². The first-order valence-corrected chi connectivity index (χ1v) is 9.14. The first kappa shape index (κ1) is 21.0. The molecule has 0 spiro atoms. The van der Waals surface area contributed by atoms with Crippen molar-refractivity contribution in [1.82, 2.24) is 24.5 Å². The first-order valence-electron chi connectivity index (χ1n) is 8.77. The van der Waals surface area contributed by atoms with Crippen molar-refractivity contribution in [1.29, 1.82) is 5.26 Å². The zero-order chi connectivity index (χ0) is 21.9. The standard InChI is InChI=1S/C18H19N9O2S/c1-18(2,3)14-13(16(26(4)25-14)22-17(28)29-30)23-24-15-11(9-19)10-21-27(15)12-7-5-6-8-20-12/h5-8,10,30H,1-4H3,(H,22,28). The van der Waals surface area contributed by atoms with E-state index >= 15 is 0 Å². The Bertz CT molecular complexity index is 1140. The van der Waals surface area contributed by atoms with E-state index in [1.54, 1.807) is 31.4 Å². The van der Waals surface area contributed by atoms with Crippen LogP contribution in [0.2, 0.25) is 0 Å². The second kappa shape index (κ2) is 8.34. The Labute approximate surface area is 178 Å². The number of anilines is 1. The number of carbonyl (C=O) groups excluding carboxylic acids is 1. The highest BCUT2D eigenvalue weighted by Gasteiger charge is 2.28. The minimum atomic E-state index is -0.797. The van der Waals surface area contributed by atoms with Crippen LogP contribution in [0.1, 0.15) is 32.0 Å². The molecule has 1 amide bonds. The number of pyridine rings is 1. The van der Waals surface area contributed by atoms with Crippen LogP contribution in [0.3, 0.4) is 0 Å². The van der Waals surface area contributed by atoms with Gasteiger partial charge in [-0.3, -0.25) is 10.00 Å². The fraction of sp³-hybridized carbons (Fsp3) is 0.278. The van der Waals surface area contributed by atoms with Crippen molar-refractivity contribution in [3.05, 3.63) is 41.9 Å². The first-order chi connectivity index (χ1) is 14.3. The lowest BCUT2D eigenvalue weighted by Crippen LogP contribution is -2.12. The van der Waals surface area contributed by atoms with Crippen molar-refractivity contribution in [2.45, 2.75) is 26.2 Å². The van der Waals surface area contributed by atoms with Crippen molar-refractivity contribution < 1.29 is 8.98 Å². The largest absolute Gasteiger partial charge is 0.424 e. The van der Waals surface area contributed by atoms with Gasteiger partial charge in [0.1, 0.15) is 11.6 Å². The average molecular weight is 425 g/mol. The molecule has 0 saturated carbocycles. The van der Waals surface area contributed by atoms with E-state index in [2.05, 4.69) is 47.8 Å². The summed E-state index contributed by atoms with van der Waals surface area (Å²) in [5.74, 6) is 0.944. The predicted molar refractivity (Wildman–Crippen MR) is 111 cm³/mol. The lowest BCUT2D eigenvalue weighted by Gasteiger charge is -2.15. The van der Waals surface area contributed by atoms with Gasteiger partial charge in [-0.05, 0) is 12.1 Å². The SMILES string of the molecule is Cn1nc(C(C)(C)C)c(N=Nc2c(C#N)cnn2-c2ccccn2)c1NC(=O)OS. The summed E-state index contributed by atoms with van der Waals surface area (Å²) in [4.78, 5) is 16.0. The average Bonchev–Trinajstić information content (AvgIpc) is 3.27. The summed E-state index contributed by atoms with van der Waals surface area (Å²) in [6.07, 6.45) is 2.19. The Hall–Kier alpha value is -3.72. The van der Waals surface area contributed by atoms with Crippen LogP contribution in [0, 0.1) is 11.3 Å². The fourth-order valence-corrected chi connectivity index (χ4v) is 2.68. The van der Waals surface area contributed by atoms with Crippen LogP contribution in [0.4, 0.5) is 22.1 Å². The van der Waals surface area contributed by atoms with Crippen LogP contribution in [-0.4, -0.2) is 30.6 Å². The van der Waals surface area contributed by atoms with Gasteiger partial charge in [-0.1, -0.05) is 26.8 Å². The number of carbonyl (C=O) groups is 1. The third-order valence-corrected chi connectivity index (χ3v) is 4.18. The Balaban J connectivity index is 2.14. The van der Waals surface area contributed by atoms with Crippen molar-refractivity contribution >= 4 is 36.3 Å².